The number of aryl methyl sites for hydroxylation is 1. The highest BCUT2D eigenvalue weighted by Crippen LogP contribution is 2.42. The average Bonchev–Trinajstić information content (AvgIpc) is 3.39. The molecule has 2 aromatic carbocycles. The summed E-state index contributed by atoms with van der Waals surface area (Å²) in [6.45, 7) is 2.00. The molecule has 1 saturated heterocycles. The summed E-state index contributed by atoms with van der Waals surface area (Å²) in [4.78, 5) is 18.7. The SMILES string of the molecule is COc1ccc2ncnc(Nc3ccc(Oc4cc5ncnn5cn4)c(C)c3)c2c1OC1CCN(C)CC1(F)F. The summed E-state index contributed by atoms with van der Waals surface area (Å²) < 4.78 is 48.8. The summed E-state index contributed by atoms with van der Waals surface area (Å²) in [7, 11) is 3.14. The number of nitrogens with one attached hydrogen (secondary N) is 1. The highest BCUT2D eigenvalue weighted by Gasteiger charge is 2.46. The number of piperidine rings is 1. The van der Waals surface area contributed by atoms with Crippen LogP contribution in [0, 0.1) is 6.92 Å². The Labute approximate surface area is 227 Å². The van der Waals surface area contributed by atoms with Crippen LogP contribution in [0.1, 0.15) is 12.0 Å². The van der Waals surface area contributed by atoms with Gasteiger partial charge in [0.05, 0.1) is 24.6 Å². The molecule has 1 aliphatic rings. The highest BCUT2D eigenvalue weighted by atomic mass is 19.3. The fraction of sp³-hybridized carbons (Fsp3) is 0.296. The summed E-state index contributed by atoms with van der Waals surface area (Å²) in [6, 6.07) is 10.6. The molecule has 6 rings (SSSR count). The third-order valence-electron chi connectivity index (χ3n) is 6.72. The van der Waals surface area contributed by atoms with Gasteiger partial charge in [-0.1, -0.05) is 0 Å². The summed E-state index contributed by atoms with van der Waals surface area (Å²) >= 11 is 0. The second kappa shape index (κ2) is 10.2. The maximum Gasteiger partial charge on any atom is 0.296 e. The second-order valence-electron chi connectivity index (χ2n) is 9.60. The van der Waals surface area contributed by atoms with Crippen LogP contribution >= 0.6 is 0 Å². The van der Waals surface area contributed by atoms with E-state index < -0.39 is 12.0 Å². The summed E-state index contributed by atoms with van der Waals surface area (Å²) in [6.07, 6.45) is 3.22. The number of likely N-dealkylation sites (tertiary alicyclic amines) is 1. The minimum Gasteiger partial charge on any atom is -0.493 e. The number of alkyl halides is 2. The molecule has 4 heterocycles. The molecule has 1 atom stereocenters. The number of anilines is 2. The minimum absolute atomic E-state index is 0.166. The summed E-state index contributed by atoms with van der Waals surface area (Å²) in [5, 5.41) is 7.76. The first kappa shape index (κ1) is 25.6. The second-order valence-corrected chi connectivity index (χ2v) is 9.60. The van der Waals surface area contributed by atoms with E-state index in [1.807, 2.05) is 19.1 Å². The van der Waals surface area contributed by atoms with Crippen LogP contribution in [0.15, 0.2) is 55.4 Å². The summed E-state index contributed by atoms with van der Waals surface area (Å²) in [5.41, 5.74) is 2.66. The van der Waals surface area contributed by atoms with E-state index in [1.165, 1.54) is 26.1 Å². The molecular formula is C27H26F2N8O3. The van der Waals surface area contributed by atoms with Crippen molar-refractivity contribution < 1.29 is 23.0 Å². The smallest absolute Gasteiger partial charge is 0.296 e. The number of aromatic nitrogens is 6. The van der Waals surface area contributed by atoms with Gasteiger partial charge >= 0.3 is 0 Å². The molecule has 0 aliphatic carbocycles. The molecule has 206 valence electrons. The van der Waals surface area contributed by atoms with Gasteiger partial charge in [-0.2, -0.15) is 5.10 Å². The molecule has 40 heavy (non-hydrogen) atoms. The Morgan fingerprint density at radius 3 is 2.67 bits per heavy atom. The molecule has 0 radical (unpaired) electrons. The zero-order valence-electron chi connectivity index (χ0n) is 22.0. The Morgan fingerprint density at radius 1 is 1.02 bits per heavy atom. The van der Waals surface area contributed by atoms with Crippen LogP contribution in [0.5, 0.6) is 23.1 Å². The Bertz CT molecular complexity index is 1700. The van der Waals surface area contributed by atoms with Crippen LogP contribution in [0.2, 0.25) is 0 Å². The fourth-order valence-electron chi connectivity index (χ4n) is 4.71. The number of rotatable bonds is 7. The molecule has 13 heteroatoms. The topological polar surface area (TPSA) is 112 Å². The van der Waals surface area contributed by atoms with Crippen LogP contribution in [0.4, 0.5) is 20.3 Å². The van der Waals surface area contributed by atoms with Gasteiger partial charge in [-0.25, -0.2) is 33.2 Å². The van der Waals surface area contributed by atoms with Crippen molar-refractivity contribution >= 4 is 28.1 Å². The largest absolute Gasteiger partial charge is 0.493 e. The van der Waals surface area contributed by atoms with Gasteiger partial charge in [0.1, 0.15) is 30.5 Å². The molecular weight excluding hydrogens is 522 g/mol. The molecule has 5 aromatic rings. The van der Waals surface area contributed by atoms with Crippen molar-refractivity contribution in [1.82, 2.24) is 34.4 Å². The quantitative estimate of drug-likeness (QED) is 0.309. The lowest BCUT2D eigenvalue weighted by Crippen LogP contribution is -2.52. The molecule has 0 spiro atoms. The maximum atomic E-state index is 14.9. The number of ether oxygens (including phenoxy) is 3. The Balaban J connectivity index is 1.31. The van der Waals surface area contributed by atoms with Crippen LogP contribution < -0.4 is 19.5 Å². The van der Waals surface area contributed by atoms with E-state index in [4.69, 9.17) is 14.2 Å². The van der Waals surface area contributed by atoms with Crippen molar-refractivity contribution in [3.8, 4) is 23.1 Å². The number of hydrogen-bond donors (Lipinski definition) is 1. The lowest BCUT2D eigenvalue weighted by Gasteiger charge is -2.36. The number of halogens is 2. The predicted octanol–water partition coefficient (Wildman–Crippen LogP) is 4.64. The first-order valence-electron chi connectivity index (χ1n) is 12.6. The number of hydrogen-bond acceptors (Lipinski definition) is 10. The first-order chi connectivity index (χ1) is 19.3. The Kier molecular flexibility index (Phi) is 6.50. The molecule has 0 bridgehead atoms. The fourth-order valence-corrected chi connectivity index (χ4v) is 4.71. The van der Waals surface area contributed by atoms with Crippen LogP contribution in [-0.2, 0) is 0 Å². The number of fused-ring (bicyclic) bond motifs is 2. The molecule has 1 aliphatic heterocycles. The Morgan fingerprint density at radius 2 is 1.88 bits per heavy atom. The van der Waals surface area contributed by atoms with Gasteiger partial charge in [-0.05, 0) is 49.9 Å². The normalized spacial score (nSPS) is 17.2. The van der Waals surface area contributed by atoms with Crippen LogP contribution in [-0.4, -0.2) is 73.7 Å². The van der Waals surface area contributed by atoms with Crippen LogP contribution in [0.25, 0.3) is 16.6 Å². The van der Waals surface area contributed by atoms with Gasteiger partial charge in [-0.3, -0.25) is 0 Å². The van der Waals surface area contributed by atoms with Crippen molar-refractivity contribution in [3.05, 3.63) is 60.9 Å². The van der Waals surface area contributed by atoms with E-state index in [0.29, 0.717) is 52.0 Å². The third-order valence-corrected chi connectivity index (χ3v) is 6.72. The third kappa shape index (κ3) is 4.91. The average molecular weight is 549 g/mol. The predicted molar refractivity (Wildman–Crippen MR) is 143 cm³/mol. The van der Waals surface area contributed by atoms with Gasteiger partial charge < -0.3 is 24.4 Å². The molecule has 3 aromatic heterocycles. The minimum atomic E-state index is -3.04. The first-order valence-corrected chi connectivity index (χ1v) is 12.6. The van der Waals surface area contributed by atoms with E-state index in [-0.39, 0.29) is 18.7 Å². The number of benzene rings is 2. The highest BCUT2D eigenvalue weighted by molar-refractivity contribution is 5.97. The van der Waals surface area contributed by atoms with E-state index in [1.54, 1.807) is 40.7 Å². The van der Waals surface area contributed by atoms with Gasteiger partial charge in [0.25, 0.3) is 5.92 Å². The standard InChI is InChI=1S/C27H26F2N8O3/c1-16-10-17(4-6-19(16)39-23-11-22-31-14-34-37(22)15-33-23)35-26-24-18(30-13-32-26)5-7-20(38-3)25(24)40-21-8-9-36(2)12-27(21,28)29/h4-7,10-11,13-15,21H,8-9,12H2,1-3H3,(H,30,32,35). The van der Waals surface area contributed by atoms with Crippen molar-refractivity contribution in [1.29, 1.82) is 0 Å². The maximum absolute atomic E-state index is 14.9. The van der Waals surface area contributed by atoms with Crippen LogP contribution in [0.3, 0.4) is 0 Å². The van der Waals surface area contributed by atoms with E-state index in [9.17, 15) is 8.78 Å². The van der Waals surface area contributed by atoms with E-state index >= 15 is 0 Å². The van der Waals surface area contributed by atoms with Crippen molar-refractivity contribution in [2.45, 2.75) is 25.4 Å². The molecule has 11 nitrogen and oxygen atoms in total. The monoisotopic (exact) mass is 548 g/mol. The molecule has 1 N–H and O–H groups in total. The lowest BCUT2D eigenvalue weighted by molar-refractivity contribution is -0.135. The van der Waals surface area contributed by atoms with Crippen molar-refractivity contribution in [2.75, 3.05) is 32.6 Å². The van der Waals surface area contributed by atoms with E-state index in [2.05, 4.69) is 30.4 Å². The van der Waals surface area contributed by atoms with Gasteiger partial charge in [0.15, 0.2) is 23.3 Å². The van der Waals surface area contributed by atoms with Crippen molar-refractivity contribution in [3.63, 3.8) is 0 Å². The van der Waals surface area contributed by atoms with E-state index in [0.717, 1.165) is 5.56 Å². The molecule has 1 unspecified atom stereocenters. The number of methoxy groups -OCH3 is 1. The Hall–Kier alpha value is -4.65. The molecule has 0 amide bonds. The number of nitrogens with zero attached hydrogens (tertiary/aromatic N) is 7. The zero-order valence-corrected chi connectivity index (χ0v) is 22.0. The van der Waals surface area contributed by atoms with Gasteiger partial charge in [0, 0.05) is 24.7 Å². The van der Waals surface area contributed by atoms with Crippen molar-refractivity contribution in [2.24, 2.45) is 0 Å². The van der Waals surface area contributed by atoms with Gasteiger partial charge in [-0.15, -0.1) is 0 Å². The molecule has 0 saturated carbocycles. The summed E-state index contributed by atoms with van der Waals surface area (Å²) in [5.74, 6) is -1.18. The molecule has 1 fully saturated rings. The lowest BCUT2D eigenvalue weighted by atomic mass is 10.0. The van der Waals surface area contributed by atoms with Gasteiger partial charge in [0.2, 0.25) is 5.88 Å². The zero-order chi connectivity index (χ0) is 27.9.